The van der Waals surface area contributed by atoms with E-state index in [2.05, 4.69) is 57.1 Å². The molecule has 0 bridgehead atoms. The Balaban J connectivity index is 1.44. The van der Waals surface area contributed by atoms with Gasteiger partial charge in [-0.05, 0) is 42.6 Å². The van der Waals surface area contributed by atoms with Crippen molar-refractivity contribution in [1.82, 2.24) is 14.4 Å². The van der Waals surface area contributed by atoms with Crippen LogP contribution in [0.2, 0.25) is 0 Å². The van der Waals surface area contributed by atoms with Crippen molar-refractivity contribution in [2.75, 3.05) is 13.1 Å². The fourth-order valence-electron chi connectivity index (χ4n) is 4.27. The van der Waals surface area contributed by atoms with Gasteiger partial charge in [-0.15, -0.1) is 22.7 Å². The van der Waals surface area contributed by atoms with E-state index in [4.69, 9.17) is 0 Å². The molecule has 2 aliphatic rings. The summed E-state index contributed by atoms with van der Waals surface area (Å²) in [7, 11) is 0. The molecule has 0 aliphatic carbocycles. The highest BCUT2D eigenvalue weighted by Crippen LogP contribution is 2.36. The molecule has 6 heteroatoms. The summed E-state index contributed by atoms with van der Waals surface area (Å²) in [6.07, 6.45) is 2.08. The summed E-state index contributed by atoms with van der Waals surface area (Å²) in [6, 6.07) is 13.2. The zero-order chi connectivity index (χ0) is 17.7. The molecule has 0 aromatic carbocycles. The van der Waals surface area contributed by atoms with Crippen molar-refractivity contribution in [1.29, 1.82) is 0 Å². The first-order chi connectivity index (χ1) is 12.7. The molecule has 5 rings (SSSR count). The van der Waals surface area contributed by atoms with Gasteiger partial charge in [0.05, 0.1) is 18.6 Å². The number of rotatable bonds is 4. The van der Waals surface area contributed by atoms with Crippen LogP contribution < -0.4 is 0 Å². The minimum Gasteiger partial charge on any atom is -0.337 e. The van der Waals surface area contributed by atoms with E-state index >= 15 is 0 Å². The number of carbonyl (C=O) groups is 1. The largest absolute Gasteiger partial charge is 0.337 e. The molecule has 0 unspecified atom stereocenters. The van der Waals surface area contributed by atoms with Crippen molar-refractivity contribution in [2.45, 2.75) is 32.1 Å². The molecule has 5 heterocycles. The number of thiophene rings is 2. The maximum absolute atomic E-state index is 13.1. The van der Waals surface area contributed by atoms with Crippen LogP contribution in [0.25, 0.3) is 0 Å². The zero-order valence-electron chi connectivity index (χ0n) is 14.7. The number of fused-ring (bicyclic) bond motifs is 3. The number of aromatic nitrogens is 1. The molecule has 26 heavy (non-hydrogen) atoms. The SMILES string of the molecule is Cc1ccc(CN2C[C@@H]3[C@@H](C2)n2cccc2C(=O)N3Cc2cccs2)s1. The maximum Gasteiger partial charge on any atom is 0.271 e. The van der Waals surface area contributed by atoms with Crippen molar-refractivity contribution >= 4 is 28.6 Å². The average Bonchev–Trinajstić information content (AvgIpc) is 3.39. The molecule has 1 amide bonds. The minimum absolute atomic E-state index is 0.165. The number of amides is 1. The third-order valence-corrected chi connectivity index (χ3v) is 7.28. The topological polar surface area (TPSA) is 28.5 Å². The number of carbonyl (C=O) groups excluding carboxylic acids is 1. The quantitative estimate of drug-likeness (QED) is 0.681. The van der Waals surface area contributed by atoms with Gasteiger partial charge in [0.2, 0.25) is 0 Å². The van der Waals surface area contributed by atoms with Crippen LogP contribution in [-0.4, -0.2) is 39.4 Å². The molecule has 2 aliphatic heterocycles. The molecule has 4 nitrogen and oxygen atoms in total. The van der Waals surface area contributed by atoms with E-state index in [1.165, 1.54) is 14.6 Å². The van der Waals surface area contributed by atoms with Crippen molar-refractivity contribution in [2.24, 2.45) is 0 Å². The number of hydrogen-bond acceptors (Lipinski definition) is 4. The van der Waals surface area contributed by atoms with E-state index in [1.54, 1.807) is 11.3 Å². The molecule has 0 N–H and O–H groups in total. The maximum atomic E-state index is 13.1. The highest BCUT2D eigenvalue weighted by Gasteiger charge is 2.44. The Kier molecular flexibility index (Phi) is 3.99. The molecule has 1 fully saturated rings. The lowest BCUT2D eigenvalue weighted by Gasteiger charge is -2.38. The van der Waals surface area contributed by atoms with E-state index in [9.17, 15) is 4.79 Å². The monoisotopic (exact) mass is 383 g/mol. The Morgan fingerprint density at radius 1 is 1.04 bits per heavy atom. The highest BCUT2D eigenvalue weighted by atomic mass is 32.1. The standard InChI is InChI=1S/C20H21N3OS2/c1-14-6-7-16(26-14)10-21-12-18-19(13-21)23(11-15-4-3-9-25-15)20(24)17-5-2-8-22(17)18/h2-9,18-19H,10-13H2,1H3/t18-,19-/m1/s1. The fourth-order valence-corrected chi connectivity index (χ4v) is 5.90. The van der Waals surface area contributed by atoms with Crippen LogP contribution in [0.1, 0.15) is 31.2 Å². The summed E-state index contributed by atoms with van der Waals surface area (Å²) in [5, 5.41) is 2.09. The van der Waals surface area contributed by atoms with Crippen LogP contribution in [0.5, 0.6) is 0 Å². The first kappa shape index (κ1) is 16.3. The first-order valence-electron chi connectivity index (χ1n) is 8.97. The van der Waals surface area contributed by atoms with Gasteiger partial charge in [-0.1, -0.05) is 6.07 Å². The second-order valence-corrected chi connectivity index (χ2v) is 9.56. The smallest absolute Gasteiger partial charge is 0.271 e. The number of aryl methyl sites for hydroxylation is 1. The van der Waals surface area contributed by atoms with Gasteiger partial charge < -0.3 is 9.47 Å². The Labute approximate surface area is 161 Å². The van der Waals surface area contributed by atoms with Crippen molar-refractivity contribution in [3.63, 3.8) is 0 Å². The van der Waals surface area contributed by atoms with Gasteiger partial charge >= 0.3 is 0 Å². The number of nitrogens with zero attached hydrogens (tertiary/aromatic N) is 3. The Bertz CT molecular complexity index is 927. The Hall–Kier alpha value is -1.89. The van der Waals surface area contributed by atoms with Gasteiger partial charge in [0, 0.05) is 40.5 Å². The number of likely N-dealkylation sites (tertiary alicyclic amines) is 1. The molecule has 134 valence electrons. The summed E-state index contributed by atoms with van der Waals surface area (Å²) in [5.41, 5.74) is 0.830. The molecule has 1 saturated heterocycles. The van der Waals surface area contributed by atoms with E-state index in [1.807, 2.05) is 23.5 Å². The lowest BCUT2D eigenvalue weighted by molar-refractivity contribution is 0.0559. The lowest BCUT2D eigenvalue weighted by atomic mass is 10.1. The molecular weight excluding hydrogens is 362 g/mol. The molecule has 0 radical (unpaired) electrons. The Morgan fingerprint density at radius 2 is 1.92 bits per heavy atom. The third kappa shape index (κ3) is 2.73. The predicted octanol–water partition coefficient (Wildman–Crippen LogP) is 4.00. The van der Waals surface area contributed by atoms with Gasteiger partial charge in [0.1, 0.15) is 5.69 Å². The summed E-state index contributed by atoms with van der Waals surface area (Å²) >= 11 is 3.60. The Morgan fingerprint density at radius 3 is 2.69 bits per heavy atom. The lowest BCUT2D eigenvalue weighted by Crippen LogP contribution is -2.49. The van der Waals surface area contributed by atoms with Gasteiger partial charge in [-0.25, -0.2) is 0 Å². The predicted molar refractivity (Wildman–Crippen MR) is 106 cm³/mol. The van der Waals surface area contributed by atoms with E-state index < -0.39 is 0 Å². The summed E-state index contributed by atoms with van der Waals surface area (Å²) in [5.74, 6) is 0.165. The molecular formula is C20H21N3OS2. The normalized spacial score (nSPS) is 22.7. The minimum atomic E-state index is 0.165. The average molecular weight is 384 g/mol. The van der Waals surface area contributed by atoms with E-state index in [-0.39, 0.29) is 11.9 Å². The van der Waals surface area contributed by atoms with Gasteiger partial charge in [0.25, 0.3) is 5.91 Å². The van der Waals surface area contributed by atoms with Gasteiger partial charge in [0.15, 0.2) is 0 Å². The third-order valence-electron chi connectivity index (χ3n) is 5.43. The fraction of sp³-hybridized carbons (Fsp3) is 0.350. The van der Waals surface area contributed by atoms with E-state index in [0.29, 0.717) is 6.04 Å². The highest BCUT2D eigenvalue weighted by molar-refractivity contribution is 7.11. The van der Waals surface area contributed by atoms with Crippen LogP contribution in [0.3, 0.4) is 0 Å². The van der Waals surface area contributed by atoms with Crippen LogP contribution in [-0.2, 0) is 13.1 Å². The molecule has 0 saturated carbocycles. The van der Waals surface area contributed by atoms with Crippen molar-refractivity contribution in [3.8, 4) is 0 Å². The second kappa shape index (κ2) is 6.37. The summed E-state index contributed by atoms with van der Waals surface area (Å²) < 4.78 is 2.21. The number of hydrogen-bond donors (Lipinski definition) is 0. The van der Waals surface area contributed by atoms with Crippen molar-refractivity contribution < 1.29 is 4.79 Å². The molecule has 3 aromatic rings. The van der Waals surface area contributed by atoms with Crippen molar-refractivity contribution in [3.05, 3.63) is 68.3 Å². The van der Waals surface area contributed by atoms with Crippen LogP contribution in [0, 0.1) is 6.92 Å². The second-order valence-electron chi connectivity index (χ2n) is 7.15. The van der Waals surface area contributed by atoms with Crippen LogP contribution in [0.15, 0.2) is 48.0 Å². The summed E-state index contributed by atoms with van der Waals surface area (Å²) in [4.78, 5) is 21.7. The van der Waals surface area contributed by atoms with Gasteiger partial charge in [-0.2, -0.15) is 0 Å². The molecule has 3 aromatic heterocycles. The van der Waals surface area contributed by atoms with Crippen LogP contribution in [0.4, 0.5) is 0 Å². The zero-order valence-corrected chi connectivity index (χ0v) is 16.3. The van der Waals surface area contributed by atoms with Gasteiger partial charge in [-0.3, -0.25) is 9.69 Å². The van der Waals surface area contributed by atoms with E-state index in [0.717, 1.165) is 31.9 Å². The summed E-state index contributed by atoms with van der Waals surface area (Å²) in [6.45, 7) is 5.79. The molecule has 0 spiro atoms. The van der Waals surface area contributed by atoms with Crippen LogP contribution >= 0.6 is 22.7 Å². The molecule has 2 atom stereocenters. The first-order valence-corrected chi connectivity index (χ1v) is 10.7.